The maximum Gasteiger partial charge on any atom is 0.253 e. The lowest BCUT2D eigenvalue weighted by molar-refractivity contribution is -0.119. The fourth-order valence-electron chi connectivity index (χ4n) is 1.95. The summed E-state index contributed by atoms with van der Waals surface area (Å²) in [5.74, 6) is 5.17. The molecule has 0 aromatic heterocycles. The molecule has 1 saturated heterocycles. The van der Waals surface area contributed by atoms with Crippen molar-refractivity contribution in [3.05, 3.63) is 29.8 Å². The molecule has 1 heterocycles. The number of nitrogens with two attached hydrogens (primary N) is 1. The van der Waals surface area contributed by atoms with E-state index in [2.05, 4.69) is 16.1 Å². The first-order valence-corrected chi connectivity index (χ1v) is 5.84. The van der Waals surface area contributed by atoms with E-state index in [4.69, 9.17) is 5.84 Å². The van der Waals surface area contributed by atoms with Crippen molar-refractivity contribution in [2.75, 3.05) is 12.0 Å². The van der Waals surface area contributed by atoms with Gasteiger partial charge in [0.25, 0.3) is 5.91 Å². The smallest absolute Gasteiger partial charge is 0.253 e. The van der Waals surface area contributed by atoms with Crippen molar-refractivity contribution in [2.45, 2.75) is 18.9 Å². The average molecular weight is 248 g/mol. The number of rotatable bonds is 4. The van der Waals surface area contributed by atoms with Crippen LogP contribution in [-0.4, -0.2) is 24.4 Å². The second kappa shape index (κ2) is 5.50. The Bertz CT molecular complexity index is 461. The first kappa shape index (κ1) is 12.4. The molecule has 1 aliphatic rings. The third-order valence-corrected chi connectivity index (χ3v) is 2.92. The highest BCUT2D eigenvalue weighted by Crippen LogP contribution is 2.13. The lowest BCUT2D eigenvalue weighted by Crippen LogP contribution is -2.38. The second-order valence-electron chi connectivity index (χ2n) is 4.20. The van der Waals surface area contributed by atoms with Crippen molar-refractivity contribution in [3.63, 3.8) is 0 Å². The highest BCUT2D eigenvalue weighted by molar-refractivity contribution is 5.99. The molecule has 1 unspecified atom stereocenters. The SMILES string of the molecule is NNc1ccccc1C(=O)NCC1CCC(=O)N1. The van der Waals surface area contributed by atoms with Crippen LogP contribution in [0.25, 0.3) is 0 Å². The van der Waals surface area contributed by atoms with E-state index in [-0.39, 0.29) is 17.9 Å². The number of nitrogen functional groups attached to an aromatic ring is 1. The highest BCUT2D eigenvalue weighted by atomic mass is 16.2. The number of para-hydroxylation sites is 1. The summed E-state index contributed by atoms with van der Waals surface area (Å²) in [6.45, 7) is 0.434. The number of hydrogen-bond donors (Lipinski definition) is 4. The Balaban J connectivity index is 1.93. The molecular formula is C12H16N4O2. The van der Waals surface area contributed by atoms with Crippen LogP contribution in [0.3, 0.4) is 0 Å². The van der Waals surface area contributed by atoms with Gasteiger partial charge in [-0.1, -0.05) is 12.1 Å². The molecule has 0 saturated carbocycles. The van der Waals surface area contributed by atoms with Crippen LogP contribution in [0.15, 0.2) is 24.3 Å². The summed E-state index contributed by atoms with van der Waals surface area (Å²) >= 11 is 0. The van der Waals surface area contributed by atoms with Crippen molar-refractivity contribution in [1.29, 1.82) is 0 Å². The molecule has 1 aliphatic heterocycles. The number of benzene rings is 1. The van der Waals surface area contributed by atoms with Crippen LogP contribution in [0.1, 0.15) is 23.2 Å². The monoisotopic (exact) mass is 248 g/mol. The Kier molecular flexibility index (Phi) is 3.78. The Morgan fingerprint density at radius 2 is 2.22 bits per heavy atom. The average Bonchev–Trinajstić information content (AvgIpc) is 2.81. The molecule has 0 bridgehead atoms. The van der Waals surface area contributed by atoms with Gasteiger partial charge in [0.2, 0.25) is 5.91 Å². The molecule has 1 aromatic rings. The first-order valence-electron chi connectivity index (χ1n) is 5.84. The van der Waals surface area contributed by atoms with Crippen molar-refractivity contribution < 1.29 is 9.59 Å². The molecule has 1 atom stereocenters. The number of hydrazine groups is 1. The van der Waals surface area contributed by atoms with Crippen molar-refractivity contribution in [1.82, 2.24) is 10.6 Å². The molecular weight excluding hydrogens is 232 g/mol. The predicted molar refractivity (Wildman–Crippen MR) is 67.8 cm³/mol. The van der Waals surface area contributed by atoms with E-state index >= 15 is 0 Å². The van der Waals surface area contributed by atoms with Gasteiger partial charge < -0.3 is 16.1 Å². The number of nitrogens with one attached hydrogen (secondary N) is 3. The molecule has 2 rings (SSSR count). The van der Waals surface area contributed by atoms with Gasteiger partial charge in [-0.25, -0.2) is 0 Å². The molecule has 5 N–H and O–H groups in total. The molecule has 1 aromatic carbocycles. The summed E-state index contributed by atoms with van der Waals surface area (Å²) in [4.78, 5) is 23.0. The third kappa shape index (κ3) is 2.78. The topological polar surface area (TPSA) is 96.2 Å². The van der Waals surface area contributed by atoms with Crippen LogP contribution in [0.5, 0.6) is 0 Å². The van der Waals surface area contributed by atoms with Crippen LogP contribution in [0, 0.1) is 0 Å². The van der Waals surface area contributed by atoms with E-state index in [0.29, 0.717) is 24.2 Å². The summed E-state index contributed by atoms with van der Waals surface area (Å²) in [7, 11) is 0. The second-order valence-corrected chi connectivity index (χ2v) is 4.20. The normalized spacial score (nSPS) is 18.3. The molecule has 96 valence electrons. The zero-order chi connectivity index (χ0) is 13.0. The van der Waals surface area contributed by atoms with Gasteiger partial charge in [-0.15, -0.1) is 0 Å². The Hall–Kier alpha value is -2.08. The fraction of sp³-hybridized carbons (Fsp3) is 0.333. The lowest BCUT2D eigenvalue weighted by atomic mass is 10.1. The Morgan fingerprint density at radius 3 is 2.89 bits per heavy atom. The maximum atomic E-state index is 11.9. The third-order valence-electron chi connectivity index (χ3n) is 2.92. The summed E-state index contributed by atoms with van der Waals surface area (Å²) in [5, 5.41) is 5.58. The van der Waals surface area contributed by atoms with Crippen molar-refractivity contribution in [3.8, 4) is 0 Å². The van der Waals surface area contributed by atoms with Crippen LogP contribution in [0.2, 0.25) is 0 Å². The Morgan fingerprint density at radius 1 is 1.44 bits per heavy atom. The number of amides is 2. The molecule has 0 aliphatic carbocycles. The largest absolute Gasteiger partial charge is 0.352 e. The van der Waals surface area contributed by atoms with Crippen LogP contribution in [0.4, 0.5) is 5.69 Å². The number of anilines is 1. The van der Waals surface area contributed by atoms with Gasteiger partial charge in [0.1, 0.15) is 0 Å². The van der Waals surface area contributed by atoms with Gasteiger partial charge in [-0.05, 0) is 18.6 Å². The molecule has 18 heavy (non-hydrogen) atoms. The van der Waals surface area contributed by atoms with Crippen LogP contribution < -0.4 is 21.9 Å². The van der Waals surface area contributed by atoms with Gasteiger partial charge in [-0.3, -0.25) is 15.4 Å². The minimum absolute atomic E-state index is 0.0273. The summed E-state index contributed by atoms with van der Waals surface area (Å²) in [6, 6.07) is 7.01. The van der Waals surface area contributed by atoms with E-state index in [1.54, 1.807) is 24.3 Å². The zero-order valence-electron chi connectivity index (χ0n) is 9.90. The summed E-state index contributed by atoms with van der Waals surface area (Å²) in [6.07, 6.45) is 1.29. The quantitative estimate of drug-likeness (QED) is 0.445. The number of carbonyl (C=O) groups excluding carboxylic acids is 2. The predicted octanol–water partition coefficient (Wildman–Crippen LogP) is -0.0194. The van der Waals surface area contributed by atoms with Gasteiger partial charge in [0.15, 0.2) is 0 Å². The number of hydrogen-bond acceptors (Lipinski definition) is 4. The standard InChI is InChI=1S/C12H16N4O2/c13-16-10-4-2-1-3-9(10)12(18)14-7-8-5-6-11(17)15-8/h1-4,8,16H,5-7,13H2,(H,14,18)(H,15,17). The van der Waals surface area contributed by atoms with Gasteiger partial charge in [0.05, 0.1) is 11.3 Å². The van der Waals surface area contributed by atoms with E-state index < -0.39 is 0 Å². The van der Waals surface area contributed by atoms with E-state index in [0.717, 1.165) is 6.42 Å². The summed E-state index contributed by atoms with van der Waals surface area (Å²) < 4.78 is 0. The van der Waals surface area contributed by atoms with Crippen LogP contribution >= 0.6 is 0 Å². The molecule has 0 radical (unpaired) electrons. The van der Waals surface area contributed by atoms with Gasteiger partial charge in [0, 0.05) is 19.0 Å². The van der Waals surface area contributed by atoms with Crippen molar-refractivity contribution >= 4 is 17.5 Å². The molecule has 6 nitrogen and oxygen atoms in total. The fourth-order valence-corrected chi connectivity index (χ4v) is 1.95. The molecule has 2 amide bonds. The Labute approximate surface area is 105 Å². The minimum atomic E-state index is -0.204. The van der Waals surface area contributed by atoms with E-state index in [1.807, 2.05) is 0 Å². The molecule has 1 fully saturated rings. The van der Waals surface area contributed by atoms with E-state index in [9.17, 15) is 9.59 Å². The van der Waals surface area contributed by atoms with E-state index in [1.165, 1.54) is 0 Å². The molecule has 0 spiro atoms. The maximum absolute atomic E-state index is 11.9. The van der Waals surface area contributed by atoms with Gasteiger partial charge in [-0.2, -0.15) is 0 Å². The zero-order valence-corrected chi connectivity index (χ0v) is 9.90. The van der Waals surface area contributed by atoms with Crippen molar-refractivity contribution in [2.24, 2.45) is 5.84 Å². The number of carbonyl (C=O) groups is 2. The minimum Gasteiger partial charge on any atom is -0.352 e. The molecule has 6 heteroatoms. The first-order chi connectivity index (χ1) is 8.70. The summed E-state index contributed by atoms with van der Waals surface area (Å²) in [5.41, 5.74) is 3.55. The highest BCUT2D eigenvalue weighted by Gasteiger charge is 2.21. The van der Waals surface area contributed by atoms with Crippen LogP contribution in [-0.2, 0) is 4.79 Å². The van der Waals surface area contributed by atoms with Gasteiger partial charge >= 0.3 is 0 Å². The lowest BCUT2D eigenvalue weighted by Gasteiger charge is -2.13.